The van der Waals surface area contributed by atoms with Gasteiger partial charge < -0.3 is 4.90 Å². The third-order valence-corrected chi connectivity index (χ3v) is 8.08. The first-order valence-corrected chi connectivity index (χ1v) is 13.9. The highest BCUT2D eigenvalue weighted by molar-refractivity contribution is 6.42. The minimum Gasteiger partial charge on any atom is -0.340 e. The molecule has 0 bridgehead atoms. The summed E-state index contributed by atoms with van der Waals surface area (Å²) in [6.45, 7) is 0.950. The molecule has 0 radical (unpaired) electrons. The van der Waals surface area contributed by atoms with E-state index in [9.17, 15) is 27.2 Å². The zero-order chi connectivity index (χ0) is 29.7. The third-order valence-electron chi connectivity index (χ3n) is 7.35. The Morgan fingerprint density at radius 3 is 2.41 bits per heavy atom. The summed E-state index contributed by atoms with van der Waals surface area (Å²) in [4.78, 5) is 33.2. The number of nitrogens with zero attached hydrogens (tertiary/aromatic N) is 3. The van der Waals surface area contributed by atoms with Crippen LogP contribution in [0.2, 0.25) is 10.0 Å². The number of amides is 1. The van der Waals surface area contributed by atoms with Gasteiger partial charge >= 0.3 is 6.18 Å². The summed E-state index contributed by atoms with van der Waals surface area (Å²) in [6.07, 6.45) is -1.55. The Morgan fingerprint density at radius 1 is 1.00 bits per heavy atom. The van der Waals surface area contributed by atoms with E-state index in [4.69, 9.17) is 23.2 Å². The van der Waals surface area contributed by atoms with Gasteiger partial charge in [-0.05, 0) is 67.4 Å². The summed E-state index contributed by atoms with van der Waals surface area (Å²) < 4.78 is 53.2. The van der Waals surface area contributed by atoms with Crippen molar-refractivity contribution in [3.8, 4) is 0 Å². The molecule has 2 unspecified atom stereocenters. The minimum absolute atomic E-state index is 0.0585. The van der Waals surface area contributed by atoms with Gasteiger partial charge in [0.05, 0.1) is 15.6 Å². The number of ketones is 1. The molecule has 0 aliphatic carbocycles. The van der Waals surface area contributed by atoms with E-state index >= 15 is 0 Å². The van der Waals surface area contributed by atoms with Crippen LogP contribution in [0.5, 0.6) is 0 Å². The topological polar surface area (TPSA) is 53.5 Å². The van der Waals surface area contributed by atoms with Crippen LogP contribution >= 0.6 is 23.2 Å². The smallest absolute Gasteiger partial charge is 0.340 e. The summed E-state index contributed by atoms with van der Waals surface area (Å²) >= 11 is 12.4. The molecule has 1 aliphatic rings. The van der Waals surface area contributed by atoms with Crippen LogP contribution in [0.1, 0.15) is 58.8 Å². The van der Waals surface area contributed by atoms with Crippen molar-refractivity contribution in [3.05, 3.63) is 99.0 Å². The van der Waals surface area contributed by atoms with Crippen molar-refractivity contribution in [1.29, 1.82) is 0 Å². The molecule has 2 aromatic carbocycles. The molecule has 11 heteroatoms. The lowest BCUT2D eigenvalue weighted by Gasteiger charge is -2.29. The van der Waals surface area contributed by atoms with E-state index < -0.39 is 17.6 Å². The van der Waals surface area contributed by atoms with Crippen LogP contribution in [0.25, 0.3) is 0 Å². The molecule has 5 nitrogen and oxygen atoms in total. The molecule has 41 heavy (non-hydrogen) atoms. The number of likely N-dealkylation sites (tertiary alicyclic amines) is 1. The number of aromatic nitrogens is 1. The number of carbonyl (C=O) groups excluding carboxylic acids is 2. The molecule has 1 aromatic heterocycles. The van der Waals surface area contributed by atoms with Crippen molar-refractivity contribution in [2.45, 2.75) is 50.4 Å². The van der Waals surface area contributed by atoms with Gasteiger partial charge in [-0.2, -0.15) is 13.2 Å². The molecule has 2 atom stereocenters. The number of hydrogen-bond acceptors (Lipinski definition) is 4. The van der Waals surface area contributed by atoms with Crippen LogP contribution < -0.4 is 0 Å². The van der Waals surface area contributed by atoms with Crippen LogP contribution in [-0.2, 0) is 17.5 Å². The number of carbonyl (C=O) groups is 2. The van der Waals surface area contributed by atoms with Crippen molar-refractivity contribution >= 4 is 34.9 Å². The van der Waals surface area contributed by atoms with Crippen LogP contribution in [-0.4, -0.2) is 52.7 Å². The maximum Gasteiger partial charge on any atom is 0.419 e. The number of Topliss-reactive ketones (excluding diaryl/α,β-unsaturated/α-hetero) is 1. The zero-order valence-corrected chi connectivity index (χ0v) is 23.8. The predicted molar refractivity (Wildman–Crippen MR) is 149 cm³/mol. The summed E-state index contributed by atoms with van der Waals surface area (Å²) in [6, 6.07) is 13.1. The Hall–Kier alpha value is -3.01. The lowest BCUT2D eigenvalue weighted by Crippen LogP contribution is -2.38. The van der Waals surface area contributed by atoms with Crippen molar-refractivity contribution in [2.24, 2.45) is 0 Å². The monoisotopic (exact) mass is 609 g/mol. The Kier molecular flexibility index (Phi) is 10.0. The largest absolute Gasteiger partial charge is 0.419 e. The Morgan fingerprint density at radius 2 is 1.76 bits per heavy atom. The Bertz CT molecular complexity index is 1390. The summed E-state index contributed by atoms with van der Waals surface area (Å²) in [7, 11) is 1.79. The van der Waals surface area contributed by atoms with Crippen LogP contribution in [0, 0.1) is 5.82 Å². The fraction of sp³-hybridized carbons (Fsp3) is 0.367. The molecule has 0 N–H and O–H groups in total. The van der Waals surface area contributed by atoms with Crippen LogP contribution in [0.15, 0.2) is 60.8 Å². The lowest BCUT2D eigenvalue weighted by molar-refractivity contribution is -0.140. The average molecular weight is 610 g/mol. The molecule has 1 fully saturated rings. The second-order valence-corrected chi connectivity index (χ2v) is 11.0. The van der Waals surface area contributed by atoms with Crippen molar-refractivity contribution in [3.63, 3.8) is 0 Å². The second kappa shape index (κ2) is 13.3. The molecule has 2 heterocycles. The predicted octanol–water partition coefficient (Wildman–Crippen LogP) is 7.42. The minimum atomic E-state index is -4.77. The molecule has 4 rings (SSSR count). The first kappa shape index (κ1) is 30.9. The molecule has 3 aromatic rings. The van der Waals surface area contributed by atoms with E-state index in [1.165, 1.54) is 6.07 Å². The maximum atomic E-state index is 14.2. The highest BCUT2D eigenvalue weighted by Gasteiger charge is 2.39. The first-order chi connectivity index (χ1) is 19.4. The molecular weight excluding hydrogens is 581 g/mol. The number of pyridine rings is 1. The van der Waals surface area contributed by atoms with Crippen molar-refractivity contribution in [1.82, 2.24) is 14.8 Å². The van der Waals surface area contributed by atoms with E-state index in [2.05, 4.69) is 4.98 Å². The normalized spacial score (nSPS) is 17.3. The highest BCUT2D eigenvalue weighted by Crippen LogP contribution is 2.36. The molecule has 0 spiro atoms. The fourth-order valence-corrected chi connectivity index (χ4v) is 5.48. The number of hydrogen-bond donors (Lipinski definition) is 0. The maximum absolute atomic E-state index is 14.2. The molecular formula is C30H29Cl2F4N3O2. The first-order valence-electron chi connectivity index (χ1n) is 13.2. The second-order valence-electron chi connectivity index (χ2n) is 10.2. The van der Waals surface area contributed by atoms with E-state index in [0.29, 0.717) is 53.7 Å². The van der Waals surface area contributed by atoms with Gasteiger partial charge in [-0.25, -0.2) is 4.39 Å². The van der Waals surface area contributed by atoms with E-state index in [1.54, 1.807) is 48.5 Å². The van der Waals surface area contributed by atoms with Gasteiger partial charge in [0, 0.05) is 50.6 Å². The average Bonchev–Trinajstić information content (AvgIpc) is 3.38. The highest BCUT2D eigenvalue weighted by atomic mass is 35.5. The quantitative estimate of drug-likeness (QED) is 0.136. The SMILES string of the molecule is CN(Cc1ccc(C(F)(F)F)c(F)c1)C1CN(C(=O)CCCCC(=O)c2ccccn2)CC1c1ccc(Cl)c(Cl)c1. The lowest BCUT2D eigenvalue weighted by atomic mass is 9.93. The standard InChI is InChI=1S/C30H29Cl2F4N3O2/c1-38(16-19-9-11-22(25(33)14-19)30(34,35)36)27-18-39(17-21(27)20-10-12-23(31)24(32)15-20)29(41)8-3-2-7-28(40)26-6-4-5-13-37-26/h4-6,9-15,21,27H,2-3,7-8,16-18H2,1H3. The van der Waals surface area contributed by atoms with Crippen molar-refractivity contribution in [2.75, 3.05) is 20.1 Å². The number of alkyl halides is 3. The summed E-state index contributed by atoms with van der Waals surface area (Å²) in [5, 5.41) is 0.768. The van der Waals surface area contributed by atoms with Crippen molar-refractivity contribution < 1.29 is 27.2 Å². The van der Waals surface area contributed by atoms with Gasteiger partial charge in [0.2, 0.25) is 5.91 Å². The molecule has 1 amide bonds. The summed E-state index contributed by atoms with van der Waals surface area (Å²) in [5.74, 6) is -1.62. The number of unbranched alkanes of at least 4 members (excludes halogenated alkanes) is 1. The Balaban J connectivity index is 1.43. The van der Waals surface area contributed by atoms with Crippen LogP contribution in [0.3, 0.4) is 0 Å². The van der Waals surface area contributed by atoms with E-state index in [1.807, 2.05) is 11.0 Å². The van der Waals surface area contributed by atoms with Gasteiger partial charge in [0.25, 0.3) is 0 Å². The zero-order valence-electron chi connectivity index (χ0n) is 22.3. The van der Waals surface area contributed by atoms with Gasteiger partial charge in [-0.15, -0.1) is 0 Å². The van der Waals surface area contributed by atoms with Gasteiger partial charge in [0.15, 0.2) is 5.78 Å². The number of halogens is 6. The van der Waals surface area contributed by atoms with Gasteiger partial charge in [-0.3, -0.25) is 19.5 Å². The van der Waals surface area contributed by atoms with Gasteiger partial charge in [-0.1, -0.05) is 41.4 Å². The third kappa shape index (κ3) is 7.84. The van der Waals surface area contributed by atoms with E-state index in [-0.39, 0.29) is 36.6 Å². The molecule has 1 saturated heterocycles. The Labute approximate surface area is 246 Å². The summed E-state index contributed by atoms with van der Waals surface area (Å²) in [5.41, 5.74) is 0.345. The number of likely N-dealkylation sites (N-methyl/N-ethyl adjacent to an activating group) is 1. The van der Waals surface area contributed by atoms with E-state index in [0.717, 1.165) is 17.7 Å². The number of benzene rings is 2. The van der Waals surface area contributed by atoms with Gasteiger partial charge in [0.1, 0.15) is 11.5 Å². The molecule has 0 saturated carbocycles. The molecule has 1 aliphatic heterocycles. The number of rotatable bonds is 10. The van der Waals surface area contributed by atoms with Crippen LogP contribution in [0.4, 0.5) is 17.6 Å². The molecule has 218 valence electrons. The fourth-order valence-electron chi connectivity index (χ4n) is 5.18.